The molecule has 8 heteroatoms. The van der Waals surface area contributed by atoms with E-state index in [0.717, 1.165) is 4.90 Å². The molecule has 3 amide bonds. The molecule has 1 aliphatic heterocycles. The minimum absolute atomic E-state index is 0.253. The zero-order valence-corrected chi connectivity index (χ0v) is 16.8. The molecular formula is C20H18Cl2N2O4. The van der Waals surface area contributed by atoms with Crippen molar-refractivity contribution in [3.05, 3.63) is 63.6 Å². The summed E-state index contributed by atoms with van der Waals surface area (Å²) >= 11 is 12.1. The third-order valence-corrected chi connectivity index (χ3v) is 5.08. The van der Waals surface area contributed by atoms with Gasteiger partial charge >= 0.3 is 6.03 Å². The van der Waals surface area contributed by atoms with Crippen molar-refractivity contribution in [2.24, 2.45) is 0 Å². The van der Waals surface area contributed by atoms with Crippen LogP contribution in [0.3, 0.4) is 0 Å². The number of imide groups is 1. The van der Waals surface area contributed by atoms with Crippen molar-refractivity contribution in [1.29, 1.82) is 0 Å². The molecule has 1 saturated heterocycles. The van der Waals surface area contributed by atoms with Crippen molar-refractivity contribution in [2.45, 2.75) is 19.4 Å². The summed E-state index contributed by atoms with van der Waals surface area (Å²) in [5.74, 6) is -0.280. The molecule has 0 spiro atoms. The first kappa shape index (κ1) is 20.2. The van der Waals surface area contributed by atoms with Gasteiger partial charge < -0.3 is 10.1 Å². The van der Waals surface area contributed by atoms with E-state index < -0.39 is 17.5 Å². The molecule has 1 atom stereocenters. The maximum atomic E-state index is 13.0. The summed E-state index contributed by atoms with van der Waals surface area (Å²) in [7, 11) is 0. The van der Waals surface area contributed by atoms with Gasteiger partial charge in [-0.15, -0.1) is 0 Å². The van der Waals surface area contributed by atoms with Crippen LogP contribution in [0, 0.1) is 0 Å². The van der Waals surface area contributed by atoms with Crippen molar-refractivity contribution in [1.82, 2.24) is 10.2 Å². The molecule has 0 radical (unpaired) electrons. The van der Waals surface area contributed by atoms with E-state index >= 15 is 0 Å². The molecular weight excluding hydrogens is 403 g/mol. The van der Waals surface area contributed by atoms with E-state index in [0.29, 0.717) is 28.5 Å². The Hall–Kier alpha value is -2.57. The average Bonchev–Trinajstić information content (AvgIpc) is 2.86. The van der Waals surface area contributed by atoms with Gasteiger partial charge in [0.1, 0.15) is 11.3 Å². The summed E-state index contributed by atoms with van der Waals surface area (Å²) in [5, 5.41) is 3.29. The largest absolute Gasteiger partial charge is 0.494 e. The first-order valence-electron chi connectivity index (χ1n) is 8.62. The zero-order chi connectivity index (χ0) is 20.5. The first-order valence-corrected chi connectivity index (χ1v) is 9.37. The molecule has 0 aromatic heterocycles. The van der Waals surface area contributed by atoms with Crippen LogP contribution in [0.2, 0.25) is 10.0 Å². The Kier molecular flexibility index (Phi) is 5.63. The molecule has 1 fully saturated rings. The second-order valence-corrected chi connectivity index (χ2v) is 7.29. The molecule has 146 valence electrons. The summed E-state index contributed by atoms with van der Waals surface area (Å²) in [5.41, 5.74) is -0.590. The van der Waals surface area contributed by atoms with E-state index in [1.165, 1.54) is 6.07 Å². The SMILES string of the molecule is CCOc1ccc(C(=O)CN2C(=O)NC(C)(c3ccc(Cl)cc3Cl)C2=O)cc1. The molecule has 2 aromatic rings. The van der Waals surface area contributed by atoms with Crippen LogP contribution in [0.4, 0.5) is 4.79 Å². The topological polar surface area (TPSA) is 75.7 Å². The maximum Gasteiger partial charge on any atom is 0.325 e. The van der Waals surface area contributed by atoms with Crippen LogP contribution in [0.25, 0.3) is 0 Å². The van der Waals surface area contributed by atoms with Crippen molar-refractivity contribution in [2.75, 3.05) is 13.2 Å². The van der Waals surface area contributed by atoms with Gasteiger partial charge in [0.2, 0.25) is 0 Å². The average molecular weight is 421 g/mol. The molecule has 1 N–H and O–H groups in total. The number of carbonyl (C=O) groups is 3. The van der Waals surface area contributed by atoms with Crippen LogP contribution in [-0.2, 0) is 10.3 Å². The molecule has 28 heavy (non-hydrogen) atoms. The number of ether oxygens (including phenoxy) is 1. The molecule has 2 aromatic carbocycles. The van der Waals surface area contributed by atoms with E-state index in [1.807, 2.05) is 6.92 Å². The monoisotopic (exact) mass is 420 g/mol. The second-order valence-electron chi connectivity index (χ2n) is 6.45. The molecule has 1 aliphatic rings. The van der Waals surface area contributed by atoms with Gasteiger partial charge in [-0.05, 0) is 50.2 Å². The number of halogens is 2. The number of nitrogens with one attached hydrogen (secondary N) is 1. The van der Waals surface area contributed by atoms with Crippen LogP contribution >= 0.6 is 23.2 Å². The third-order valence-electron chi connectivity index (χ3n) is 4.53. The number of hydrogen-bond donors (Lipinski definition) is 1. The maximum absolute atomic E-state index is 13.0. The van der Waals surface area contributed by atoms with E-state index in [1.54, 1.807) is 43.3 Å². The van der Waals surface area contributed by atoms with Gasteiger partial charge in [0.15, 0.2) is 5.78 Å². The van der Waals surface area contributed by atoms with Crippen molar-refractivity contribution in [3.8, 4) is 5.75 Å². The number of amides is 3. The summed E-state index contributed by atoms with van der Waals surface area (Å²) in [4.78, 5) is 38.8. The van der Waals surface area contributed by atoms with E-state index in [9.17, 15) is 14.4 Å². The number of urea groups is 1. The van der Waals surface area contributed by atoms with Crippen LogP contribution in [0.1, 0.15) is 29.8 Å². The first-order chi connectivity index (χ1) is 13.3. The zero-order valence-electron chi connectivity index (χ0n) is 15.3. The number of hydrogen-bond acceptors (Lipinski definition) is 4. The highest BCUT2D eigenvalue weighted by Crippen LogP contribution is 2.35. The molecule has 6 nitrogen and oxygen atoms in total. The Labute approximate surface area is 172 Å². The minimum Gasteiger partial charge on any atom is -0.494 e. The van der Waals surface area contributed by atoms with Gasteiger partial charge in [-0.25, -0.2) is 4.79 Å². The van der Waals surface area contributed by atoms with Gasteiger partial charge in [0.05, 0.1) is 13.2 Å². The molecule has 1 heterocycles. The highest BCUT2D eigenvalue weighted by Gasteiger charge is 2.50. The lowest BCUT2D eigenvalue weighted by molar-refractivity contribution is -0.130. The highest BCUT2D eigenvalue weighted by molar-refractivity contribution is 6.35. The van der Waals surface area contributed by atoms with Gasteiger partial charge in [0, 0.05) is 21.2 Å². The predicted molar refractivity (Wildman–Crippen MR) is 106 cm³/mol. The van der Waals surface area contributed by atoms with Crippen LogP contribution in [-0.4, -0.2) is 35.8 Å². The quantitative estimate of drug-likeness (QED) is 0.564. The molecule has 0 aliphatic carbocycles. The number of Topliss-reactive ketones (excluding diaryl/α,β-unsaturated/α-hetero) is 1. The van der Waals surface area contributed by atoms with Crippen molar-refractivity contribution in [3.63, 3.8) is 0 Å². The number of carbonyl (C=O) groups excluding carboxylic acids is 3. The number of rotatable bonds is 6. The summed E-state index contributed by atoms with van der Waals surface area (Å²) < 4.78 is 5.34. The van der Waals surface area contributed by atoms with E-state index in [2.05, 4.69) is 5.32 Å². The standard InChI is InChI=1S/C20H18Cl2N2O4/c1-3-28-14-7-4-12(5-8-14)17(25)11-24-18(26)20(2,23-19(24)27)15-9-6-13(21)10-16(15)22/h4-10H,3,11H2,1-2H3,(H,23,27). The summed E-state index contributed by atoms with van der Waals surface area (Å²) in [6, 6.07) is 10.5. The lowest BCUT2D eigenvalue weighted by Gasteiger charge is -2.23. The molecule has 0 bridgehead atoms. The lowest BCUT2D eigenvalue weighted by atomic mass is 9.92. The third kappa shape index (κ3) is 3.70. The molecule has 1 unspecified atom stereocenters. The van der Waals surface area contributed by atoms with Crippen molar-refractivity contribution >= 4 is 40.9 Å². The van der Waals surface area contributed by atoms with Gasteiger partial charge in [-0.2, -0.15) is 0 Å². The van der Waals surface area contributed by atoms with Gasteiger partial charge in [0.25, 0.3) is 5.91 Å². The molecule has 0 saturated carbocycles. The van der Waals surface area contributed by atoms with Crippen LogP contribution in [0.15, 0.2) is 42.5 Å². The van der Waals surface area contributed by atoms with E-state index in [-0.39, 0.29) is 17.4 Å². The van der Waals surface area contributed by atoms with E-state index in [4.69, 9.17) is 27.9 Å². The highest BCUT2D eigenvalue weighted by atomic mass is 35.5. The predicted octanol–water partition coefficient (Wildman–Crippen LogP) is 4.04. The Bertz CT molecular complexity index is 946. The number of nitrogens with zero attached hydrogens (tertiary/aromatic N) is 1. The Morgan fingerprint density at radius 2 is 1.82 bits per heavy atom. The fraction of sp³-hybridized carbons (Fsp3) is 0.250. The fourth-order valence-electron chi connectivity index (χ4n) is 3.06. The number of ketones is 1. The fourth-order valence-corrected chi connectivity index (χ4v) is 3.65. The Balaban J connectivity index is 1.80. The van der Waals surface area contributed by atoms with Crippen LogP contribution in [0.5, 0.6) is 5.75 Å². The van der Waals surface area contributed by atoms with Crippen molar-refractivity contribution < 1.29 is 19.1 Å². The summed E-state index contributed by atoms with van der Waals surface area (Å²) in [6.07, 6.45) is 0. The van der Waals surface area contributed by atoms with Gasteiger partial charge in [-0.1, -0.05) is 29.3 Å². The minimum atomic E-state index is -1.38. The number of benzene rings is 2. The Morgan fingerprint density at radius 1 is 1.14 bits per heavy atom. The lowest BCUT2D eigenvalue weighted by Crippen LogP contribution is -2.41. The second kappa shape index (κ2) is 7.81. The smallest absolute Gasteiger partial charge is 0.325 e. The van der Waals surface area contributed by atoms with Crippen LogP contribution < -0.4 is 10.1 Å². The van der Waals surface area contributed by atoms with Gasteiger partial charge in [-0.3, -0.25) is 14.5 Å². The molecule has 3 rings (SSSR count). The summed E-state index contributed by atoms with van der Waals surface area (Å²) in [6.45, 7) is 3.55. The normalized spacial score (nSPS) is 18.9. The Morgan fingerprint density at radius 3 is 2.43 bits per heavy atom.